The number of benzene rings is 2. The van der Waals surface area contributed by atoms with E-state index in [2.05, 4.69) is 35.3 Å². The Kier molecular flexibility index (Phi) is 7.92. The normalized spacial score (nSPS) is 11.3. The number of nitrogens with zero attached hydrogens (tertiary/aromatic N) is 4. The quantitative estimate of drug-likeness (QED) is 0.397. The average molecular weight is 422 g/mol. The number of carbonyl (C=O) groups excluding carboxylic acids is 1. The van der Waals surface area contributed by atoms with Gasteiger partial charge in [-0.1, -0.05) is 24.3 Å². The fourth-order valence-corrected chi connectivity index (χ4v) is 3.41. The molecule has 2 aromatic carbocycles. The molecule has 0 aliphatic heterocycles. The molecule has 0 saturated carbocycles. The van der Waals surface area contributed by atoms with Gasteiger partial charge in [-0.2, -0.15) is 0 Å². The fraction of sp³-hybridized carbons (Fsp3) is 0.375. The van der Waals surface area contributed by atoms with Crippen LogP contribution in [0.1, 0.15) is 28.2 Å². The summed E-state index contributed by atoms with van der Waals surface area (Å²) >= 11 is 0. The van der Waals surface area contributed by atoms with Gasteiger partial charge >= 0.3 is 5.97 Å². The van der Waals surface area contributed by atoms with Crippen molar-refractivity contribution in [3.8, 4) is 0 Å². The van der Waals surface area contributed by atoms with Gasteiger partial charge in [0.1, 0.15) is 11.6 Å². The lowest BCUT2D eigenvalue weighted by molar-refractivity contribution is 0.0600. The van der Waals surface area contributed by atoms with Gasteiger partial charge in [0.25, 0.3) is 0 Å². The van der Waals surface area contributed by atoms with E-state index in [1.807, 2.05) is 37.4 Å². The minimum atomic E-state index is -0.324. The van der Waals surface area contributed by atoms with Crippen molar-refractivity contribution >= 4 is 22.7 Å². The number of carbonyl (C=O) groups is 1. The van der Waals surface area contributed by atoms with Crippen LogP contribution < -0.4 is 5.32 Å². The van der Waals surface area contributed by atoms with E-state index >= 15 is 0 Å². The Morgan fingerprint density at radius 3 is 2.45 bits per heavy atom. The van der Waals surface area contributed by atoms with Gasteiger partial charge < -0.3 is 15.0 Å². The number of esters is 1. The van der Waals surface area contributed by atoms with Crippen LogP contribution in [-0.4, -0.2) is 67.1 Å². The van der Waals surface area contributed by atoms with Gasteiger partial charge in [0.05, 0.1) is 24.7 Å². The average Bonchev–Trinajstić information content (AvgIpc) is 2.76. The maximum absolute atomic E-state index is 11.6. The van der Waals surface area contributed by atoms with Crippen LogP contribution in [0.3, 0.4) is 0 Å². The van der Waals surface area contributed by atoms with Gasteiger partial charge in [-0.25, -0.2) is 14.8 Å². The summed E-state index contributed by atoms with van der Waals surface area (Å²) in [5, 5.41) is 4.53. The molecule has 1 aromatic heterocycles. The Bertz CT molecular complexity index is 1000. The van der Waals surface area contributed by atoms with Crippen LogP contribution in [0.5, 0.6) is 0 Å². The maximum atomic E-state index is 11.6. The Morgan fingerprint density at radius 2 is 1.74 bits per heavy atom. The molecule has 0 spiro atoms. The second-order valence-corrected chi connectivity index (χ2v) is 7.95. The summed E-state index contributed by atoms with van der Waals surface area (Å²) in [7, 11) is 7.59. The van der Waals surface area contributed by atoms with Gasteiger partial charge in [-0.15, -0.1) is 0 Å². The lowest BCUT2D eigenvalue weighted by Crippen LogP contribution is -2.20. The molecule has 1 N–H and O–H groups in total. The minimum absolute atomic E-state index is 0.324. The predicted octanol–water partition coefficient (Wildman–Crippen LogP) is 3.41. The number of hydrogen-bond acceptors (Lipinski definition) is 7. The first kappa shape index (κ1) is 22.7. The molecule has 1 heterocycles. The van der Waals surface area contributed by atoms with E-state index in [1.54, 1.807) is 12.1 Å². The van der Waals surface area contributed by atoms with E-state index in [9.17, 15) is 4.79 Å². The van der Waals surface area contributed by atoms with Crippen LogP contribution in [0.25, 0.3) is 10.9 Å². The highest BCUT2D eigenvalue weighted by molar-refractivity contribution is 5.89. The lowest BCUT2D eigenvalue weighted by atomic mass is 10.1. The van der Waals surface area contributed by atoms with Crippen LogP contribution in [0.4, 0.5) is 5.82 Å². The molecule has 0 aliphatic rings. The third-order valence-electron chi connectivity index (χ3n) is 4.96. The van der Waals surface area contributed by atoms with Crippen molar-refractivity contribution in [2.24, 2.45) is 0 Å². The minimum Gasteiger partial charge on any atom is -0.465 e. The fourth-order valence-electron chi connectivity index (χ4n) is 3.41. The van der Waals surface area contributed by atoms with Crippen molar-refractivity contribution in [3.05, 3.63) is 65.5 Å². The molecule has 3 rings (SSSR count). The van der Waals surface area contributed by atoms with E-state index < -0.39 is 0 Å². The first-order valence-electron chi connectivity index (χ1n) is 10.5. The first-order valence-corrected chi connectivity index (χ1v) is 10.5. The van der Waals surface area contributed by atoms with Crippen LogP contribution in [0.2, 0.25) is 0 Å². The van der Waals surface area contributed by atoms with Crippen LogP contribution >= 0.6 is 0 Å². The van der Waals surface area contributed by atoms with Gasteiger partial charge in [0, 0.05) is 18.5 Å². The van der Waals surface area contributed by atoms with Crippen LogP contribution in [0.15, 0.2) is 48.5 Å². The summed E-state index contributed by atoms with van der Waals surface area (Å²) in [5.41, 5.74) is 2.60. The number of ether oxygens (including phenoxy) is 1. The molecule has 0 fully saturated rings. The molecule has 7 heteroatoms. The summed E-state index contributed by atoms with van der Waals surface area (Å²) in [6.45, 7) is 3.24. The SMILES string of the molecule is COC(=O)c1ccc(CN(C)Cc2nc(NCCCN(C)C)c3ccccc3n2)cc1. The monoisotopic (exact) mass is 421 g/mol. The number of rotatable bonds is 10. The van der Waals surface area contributed by atoms with Crippen molar-refractivity contribution in [1.82, 2.24) is 19.8 Å². The third-order valence-corrected chi connectivity index (χ3v) is 4.96. The predicted molar refractivity (Wildman–Crippen MR) is 124 cm³/mol. The number of nitrogens with one attached hydrogen (secondary N) is 1. The number of para-hydroxylation sites is 1. The van der Waals surface area contributed by atoms with E-state index in [4.69, 9.17) is 14.7 Å². The summed E-state index contributed by atoms with van der Waals surface area (Å²) in [5.74, 6) is 1.34. The summed E-state index contributed by atoms with van der Waals surface area (Å²) in [6, 6.07) is 15.6. The molecule has 164 valence electrons. The molecule has 0 aliphatic carbocycles. The van der Waals surface area contributed by atoms with Crippen LogP contribution in [-0.2, 0) is 17.8 Å². The highest BCUT2D eigenvalue weighted by Crippen LogP contribution is 2.21. The Labute approximate surface area is 184 Å². The van der Waals surface area contributed by atoms with Gasteiger partial charge in [-0.05, 0) is 63.9 Å². The van der Waals surface area contributed by atoms with Gasteiger partial charge in [0.15, 0.2) is 0 Å². The van der Waals surface area contributed by atoms with Crippen molar-refractivity contribution in [1.29, 1.82) is 0 Å². The molecular formula is C24H31N5O2. The molecule has 0 radical (unpaired) electrons. The largest absolute Gasteiger partial charge is 0.465 e. The number of aromatic nitrogens is 2. The summed E-state index contributed by atoms with van der Waals surface area (Å²) < 4.78 is 4.76. The zero-order valence-electron chi connectivity index (χ0n) is 18.8. The van der Waals surface area contributed by atoms with Crippen molar-refractivity contribution in [3.63, 3.8) is 0 Å². The van der Waals surface area contributed by atoms with Crippen LogP contribution in [0, 0.1) is 0 Å². The summed E-state index contributed by atoms with van der Waals surface area (Å²) in [6.07, 6.45) is 1.04. The third kappa shape index (κ3) is 6.47. The lowest BCUT2D eigenvalue weighted by Gasteiger charge is -2.17. The highest BCUT2D eigenvalue weighted by Gasteiger charge is 2.11. The van der Waals surface area contributed by atoms with Crippen molar-refractivity contribution < 1.29 is 9.53 Å². The van der Waals surface area contributed by atoms with Gasteiger partial charge in [-0.3, -0.25) is 4.90 Å². The second-order valence-electron chi connectivity index (χ2n) is 7.95. The molecule has 0 atom stereocenters. The highest BCUT2D eigenvalue weighted by atomic mass is 16.5. The number of fused-ring (bicyclic) bond motifs is 1. The molecule has 0 unspecified atom stereocenters. The molecule has 3 aromatic rings. The Balaban J connectivity index is 1.69. The van der Waals surface area contributed by atoms with E-state index in [-0.39, 0.29) is 5.97 Å². The van der Waals surface area contributed by atoms with Gasteiger partial charge in [0.2, 0.25) is 0 Å². The number of methoxy groups -OCH3 is 1. The number of hydrogen-bond donors (Lipinski definition) is 1. The molecule has 0 bridgehead atoms. The maximum Gasteiger partial charge on any atom is 0.337 e. The molecule has 31 heavy (non-hydrogen) atoms. The smallest absolute Gasteiger partial charge is 0.337 e. The number of anilines is 1. The topological polar surface area (TPSA) is 70.6 Å². The molecule has 0 amide bonds. The Morgan fingerprint density at radius 1 is 1.00 bits per heavy atom. The van der Waals surface area contributed by atoms with Crippen molar-refractivity contribution in [2.45, 2.75) is 19.5 Å². The van der Waals surface area contributed by atoms with E-state index in [0.717, 1.165) is 54.2 Å². The molecular weight excluding hydrogens is 390 g/mol. The molecule has 7 nitrogen and oxygen atoms in total. The zero-order chi connectivity index (χ0) is 22.2. The molecule has 0 saturated heterocycles. The second kappa shape index (κ2) is 10.8. The standard InChI is InChI=1S/C24H31N5O2/c1-28(2)15-7-14-25-23-20-8-5-6-9-21(20)26-22(27-23)17-29(3)16-18-10-12-19(13-11-18)24(30)31-4/h5-6,8-13H,7,14-17H2,1-4H3,(H,25,26,27). The summed E-state index contributed by atoms with van der Waals surface area (Å²) in [4.78, 5) is 25.5. The van der Waals surface area contributed by atoms with E-state index in [1.165, 1.54) is 7.11 Å². The first-order chi connectivity index (χ1) is 15.0. The van der Waals surface area contributed by atoms with E-state index in [0.29, 0.717) is 12.1 Å². The van der Waals surface area contributed by atoms with Crippen molar-refractivity contribution in [2.75, 3.05) is 46.7 Å². The Hall–Kier alpha value is -3.03. The zero-order valence-corrected chi connectivity index (χ0v) is 18.8.